The zero-order chi connectivity index (χ0) is 22.2. The summed E-state index contributed by atoms with van der Waals surface area (Å²) in [7, 11) is 0. The standard InChI is InChI=1S/C24H29FN4O2/c1-17-13-27(8-9-28(17)16-30)14-22(31)29-15-24(2,3)23-21(29)11-19(12-26-23)10-18-4-6-20(25)7-5-18/h4-7,11-12,16-17H,8-10,13-15H2,1-3H3/t17-/m1/s1. The number of fused-ring (bicyclic) bond motifs is 1. The summed E-state index contributed by atoms with van der Waals surface area (Å²) in [5, 5.41) is 0. The highest BCUT2D eigenvalue weighted by Crippen LogP contribution is 2.39. The molecule has 2 amide bonds. The van der Waals surface area contributed by atoms with Crippen LogP contribution >= 0.6 is 0 Å². The Morgan fingerprint density at radius 3 is 2.65 bits per heavy atom. The second kappa shape index (κ2) is 8.38. The highest BCUT2D eigenvalue weighted by molar-refractivity contribution is 5.97. The molecule has 0 aliphatic carbocycles. The van der Waals surface area contributed by atoms with Gasteiger partial charge in [-0.25, -0.2) is 4.39 Å². The molecule has 3 heterocycles. The van der Waals surface area contributed by atoms with Gasteiger partial charge in [-0.05, 0) is 42.7 Å². The lowest BCUT2D eigenvalue weighted by Gasteiger charge is -2.38. The maximum absolute atomic E-state index is 13.3. The summed E-state index contributed by atoms with van der Waals surface area (Å²) in [6.45, 7) is 9.17. The monoisotopic (exact) mass is 424 g/mol. The molecule has 2 aliphatic rings. The van der Waals surface area contributed by atoms with Crippen LogP contribution in [0.2, 0.25) is 0 Å². The Morgan fingerprint density at radius 1 is 1.23 bits per heavy atom. The van der Waals surface area contributed by atoms with E-state index in [1.165, 1.54) is 12.1 Å². The Morgan fingerprint density at radius 2 is 1.97 bits per heavy atom. The molecule has 4 rings (SSSR count). The summed E-state index contributed by atoms with van der Waals surface area (Å²) >= 11 is 0. The van der Waals surface area contributed by atoms with Gasteiger partial charge in [0.15, 0.2) is 0 Å². The first-order chi connectivity index (χ1) is 14.8. The molecule has 0 spiro atoms. The summed E-state index contributed by atoms with van der Waals surface area (Å²) in [5.41, 5.74) is 3.58. The largest absolute Gasteiger partial charge is 0.340 e. The predicted molar refractivity (Wildman–Crippen MR) is 117 cm³/mol. The quantitative estimate of drug-likeness (QED) is 0.693. The number of aromatic nitrogens is 1. The first-order valence-corrected chi connectivity index (χ1v) is 10.7. The fourth-order valence-corrected chi connectivity index (χ4v) is 4.56. The van der Waals surface area contributed by atoms with Gasteiger partial charge in [-0.2, -0.15) is 0 Å². The zero-order valence-corrected chi connectivity index (χ0v) is 18.3. The van der Waals surface area contributed by atoms with Gasteiger partial charge in [0.25, 0.3) is 0 Å². The van der Waals surface area contributed by atoms with Crippen LogP contribution in [0.5, 0.6) is 0 Å². The number of carbonyl (C=O) groups is 2. The topological polar surface area (TPSA) is 56.8 Å². The lowest BCUT2D eigenvalue weighted by molar-refractivity contribution is -0.123. The van der Waals surface area contributed by atoms with E-state index >= 15 is 0 Å². The SMILES string of the molecule is C[C@@H]1CN(CC(=O)N2CC(C)(C)c3ncc(Cc4ccc(F)cc4)cc32)CCN1C=O. The highest BCUT2D eigenvalue weighted by atomic mass is 19.1. The first kappa shape index (κ1) is 21.4. The summed E-state index contributed by atoms with van der Waals surface area (Å²) in [6, 6.07) is 8.61. The van der Waals surface area contributed by atoms with Crippen LogP contribution in [0.4, 0.5) is 10.1 Å². The van der Waals surface area contributed by atoms with E-state index in [1.54, 1.807) is 17.0 Å². The zero-order valence-electron chi connectivity index (χ0n) is 18.3. The molecule has 1 aromatic heterocycles. The van der Waals surface area contributed by atoms with Gasteiger partial charge in [0.05, 0.1) is 17.9 Å². The number of nitrogens with zero attached hydrogens (tertiary/aromatic N) is 4. The van der Waals surface area contributed by atoms with Gasteiger partial charge in [-0.1, -0.05) is 26.0 Å². The fraction of sp³-hybridized carbons (Fsp3) is 0.458. The molecule has 0 N–H and O–H groups in total. The molecule has 31 heavy (non-hydrogen) atoms. The van der Waals surface area contributed by atoms with E-state index in [2.05, 4.69) is 18.7 Å². The van der Waals surface area contributed by atoms with Crippen LogP contribution < -0.4 is 4.90 Å². The van der Waals surface area contributed by atoms with E-state index in [0.29, 0.717) is 39.1 Å². The van der Waals surface area contributed by atoms with Gasteiger partial charge < -0.3 is 9.80 Å². The molecule has 164 valence electrons. The van der Waals surface area contributed by atoms with Crippen molar-refractivity contribution in [2.45, 2.75) is 38.6 Å². The number of benzene rings is 1. The van der Waals surface area contributed by atoms with Gasteiger partial charge in [0.2, 0.25) is 12.3 Å². The molecule has 1 saturated heterocycles. The summed E-state index contributed by atoms with van der Waals surface area (Å²) < 4.78 is 13.2. The third-order valence-electron chi connectivity index (χ3n) is 6.29. The number of halogens is 1. The summed E-state index contributed by atoms with van der Waals surface area (Å²) in [5.74, 6) is -0.197. The minimum atomic E-state index is -0.252. The maximum Gasteiger partial charge on any atom is 0.241 e. The smallest absolute Gasteiger partial charge is 0.241 e. The molecule has 2 aromatic rings. The van der Waals surface area contributed by atoms with Crippen molar-refractivity contribution >= 4 is 18.0 Å². The minimum Gasteiger partial charge on any atom is -0.340 e. The molecular weight excluding hydrogens is 395 g/mol. The summed E-state index contributed by atoms with van der Waals surface area (Å²) in [6.07, 6.45) is 3.38. The second-order valence-electron chi connectivity index (χ2n) is 9.31. The Hall–Kier alpha value is -2.80. The Balaban J connectivity index is 1.52. The Labute approximate surface area is 182 Å². The number of piperazine rings is 1. The predicted octanol–water partition coefficient (Wildman–Crippen LogP) is 2.60. The molecule has 1 aromatic carbocycles. The van der Waals surface area contributed by atoms with Gasteiger partial charge in [0, 0.05) is 43.8 Å². The number of amides is 2. The Bertz CT molecular complexity index is 976. The Kier molecular flexibility index (Phi) is 5.79. The molecule has 0 unspecified atom stereocenters. The molecule has 0 bridgehead atoms. The van der Waals surface area contributed by atoms with Crippen molar-refractivity contribution in [2.75, 3.05) is 37.6 Å². The van der Waals surface area contributed by atoms with Gasteiger partial charge >= 0.3 is 0 Å². The van der Waals surface area contributed by atoms with E-state index in [1.807, 2.05) is 24.1 Å². The van der Waals surface area contributed by atoms with E-state index < -0.39 is 0 Å². The maximum atomic E-state index is 13.3. The molecule has 6 nitrogen and oxygen atoms in total. The van der Waals surface area contributed by atoms with Crippen LogP contribution in [0.1, 0.15) is 37.6 Å². The van der Waals surface area contributed by atoms with Crippen molar-refractivity contribution in [3.05, 3.63) is 59.2 Å². The van der Waals surface area contributed by atoms with Crippen molar-refractivity contribution in [3.63, 3.8) is 0 Å². The fourth-order valence-electron chi connectivity index (χ4n) is 4.56. The normalized spacial score (nSPS) is 20.6. The van der Waals surface area contributed by atoms with Crippen molar-refractivity contribution in [3.8, 4) is 0 Å². The van der Waals surface area contributed by atoms with Crippen LogP contribution in [0, 0.1) is 5.82 Å². The number of carbonyl (C=O) groups excluding carboxylic acids is 2. The van der Waals surface area contributed by atoms with Crippen LogP contribution in [-0.2, 0) is 21.4 Å². The van der Waals surface area contributed by atoms with E-state index in [4.69, 9.17) is 4.98 Å². The van der Waals surface area contributed by atoms with E-state index in [-0.39, 0.29) is 23.2 Å². The van der Waals surface area contributed by atoms with E-state index in [9.17, 15) is 14.0 Å². The van der Waals surface area contributed by atoms with Crippen LogP contribution in [-0.4, -0.2) is 65.9 Å². The molecule has 0 radical (unpaired) electrons. The third kappa shape index (κ3) is 4.46. The highest BCUT2D eigenvalue weighted by Gasteiger charge is 2.40. The van der Waals surface area contributed by atoms with Gasteiger partial charge in [-0.15, -0.1) is 0 Å². The summed E-state index contributed by atoms with van der Waals surface area (Å²) in [4.78, 5) is 34.8. The number of anilines is 1. The molecule has 1 fully saturated rings. The number of hydrogen-bond donors (Lipinski definition) is 0. The van der Waals surface area contributed by atoms with Crippen molar-refractivity contribution in [1.82, 2.24) is 14.8 Å². The molecule has 1 atom stereocenters. The van der Waals surface area contributed by atoms with Crippen molar-refractivity contribution in [2.24, 2.45) is 0 Å². The third-order valence-corrected chi connectivity index (χ3v) is 6.29. The molecule has 2 aliphatic heterocycles. The lowest BCUT2D eigenvalue weighted by atomic mass is 9.91. The van der Waals surface area contributed by atoms with Crippen LogP contribution in [0.25, 0.3) is 0 Å². The van der Waals surface area contributed by atoms with Crippen molar-refractivity contribution < 1.29 is 14.0 Å². The van der Waals surface area contributed by atoms with Crippen LogP contribution in [0.3, 0.4) is 0 Å². The lowest BCUT2D eigenvalue weighted by Crippen LogP contribution is -2.53. The minimum absolute atomic E-state index is 0.0549. The van der Waals surface area contributed by atoms with Crippen LogP contribution in [0.15, 0.2) is 36.5 Å². The second-order valence-corrected chi connectivity index (χ2v) is 9.31. The van der Waals surface area contributed by atoms with Gasteiger partial charge in [0.1, 0.15) is 5.82 Å². The average molecular weight is 425 g/mol. The number of rotatable bonds is 5. The molecule has 0 saturated carbocycles. The van der Waals surface area contributed by atoms with Gasteiger partial charge in [-0.3, -0.25) is 19.5 Å². The number of hydrogen-bond acceptors (Lipinski definition) is 4. The average Bonchev–Trinajstić information content (AvgIpc) is 3.00. The van der Waals surface area contributed by atoms with Crippen molar-refractivity contribution in [1.29, 1.82) is 0 Å². The molecular formula is C24H29FN4O2. The van der Waals surface area contributed by atoms with E-state index in [0.717, 1.165) is 28.9 Å². The first-order valence-electron chi connectivity index (χ1n) is 10.7. The molecule has 7 heteroatoms. The number of pyridine rings is 1.